The molecular weight excluding hydrogens is 288 g/mol. The van der Waals surface area contributed by atoms with E-state index in [2.05, 4.69) is 16.9 Å². The van der Waals surface area contributed by atoms with Crippen LogP contribution >= 0.6 is 0 Å². The fraction of sp³-hybridized carbons (Fsp3) is 0.737. The molecule has 0 atom stereocenters. The van der Waals surface area contributed by atoms with Crippen molar-refractivity contribution in [3.8, 4) is 0 Å². The van der Waals surface area contributed by atoms with Crippen molar-refractivity contribution in [2.24, 2.45) is 0 Å². The largest absolute Gasteiger partial charge is 0.461 e. The molecule has 0 N–H and O–H groups in total. The lowest BCUT2D eigenvalue weighted by atomic mass is 10.1. The number of carbonyl (C=O) groups excluding carboxylic acids is 1. The number of esters is 1. The average molecular weight is 320 g/mol. The van der Waals surface area contributed by atoms with E-state index in [0.717, 1.165) is 12.8 Å². The predicted molar refractivity (Wildman–Crippen MR) is 93.4 cm³/mol. The number of aromatic nitrogens is 2. The van der Waals surface area contributed by atoms with Crippen LogP contribution < -0.4 is 0 Å². The van der Waals surface area contributed by atoms with Gasteiger partial charge in [-0.15, -0.1) is 0 Å². The highest BCUT2D eigenvalue weighted by atomic mass is 16.5. The van der Waals surface area contributed by atoms with Gasteiger partial charge in [0.2, 0.25) is 0 Å². The zero-order chi connectivity index (χ0) is 16.6. The van der Waals surface area contributed by atoms with Crippen LogP contribution in [0.15, 0.2) is 18.6 Å². The first kappa shape index (κ1) is 19.6. The van der Waals surface area contributed by atoms with Crippen LogP contribution in [0.3, 0.4) is 0 Å². The van der Waals surface area contributed by atoms with Gasteiger partial charge >= 0.3 is 5.97 Å². The number of nitrogens with zero attached hydrogens (tertiary/aromatic N) is 2. The Bertz CT molecular complexity index is 396. The van der Waals surface area contributed by atoms with E-state index in [-0.39, 0.29) is 11.7 Å². The minimum Gasteiger partial charge on any atom is -0.461 e. The van der Waals surface area contributed by atoms with Gasteiger partial charge in [-0.2, -0.15) is 0 Å². The molecule has 4 heteroatoms. The molecule has 0 aromatic carbocycles. The van der Waals surface area contributed by atoms with Gasteiger partial charge in [-0.05, 0) is 6.42 Å². The number of unbranched alkanes of at least 4 members (excludes halogenated alkanes) is 11. The highest BCUT2D eigenvalue weighted by Gasteiger charge is 2.07. The second kappa shape index (κ2) is 14.2. The van der Waals surface area contributed by atoms with E-state index in [1.54, 1.807) is 6.20 Å². The van der Waals surface area contributed by atoms with E-state index < -0.39 is 0 Å². The molecule has 0 aliphatic rings. The minimum atomic E-state index is -0.374. The van der Waals surface area contributed by atoms with Crippen LogP contribution in [0.1, 0.15) is 94.5 Å². The number of ether oxygens (including phenoxy) is 1. The fourth-order valence-electron chi connectivity index (χ4n) is 2.59. The van der Waals surface area contributed by atoms with Crippen molar-refractivity contribution < 1.29 is 9.53 Å². The maximum atomic E-state index is 11.6. The van der Waals surface area contributed by atoms with Crippen LogP contribution in [-0.2, 0) is 4.74 Å². The summed E-state index contributed by atoms with van der Waals surface area (Å²) in [7, 11) is 0. The monoisotopic (exact) mass is 320 g/mol. The Hall–Kier alpha value is -1.45. The molecule has 0 aliphatic heterocycles. The third-order valence-electron chi connectivity index (χ3n) is 4.00. The van der Waals surface area contributed by atoms with Crippen LogP contribution in [0.2, 0.25) is 0 Å². The standard InChI is InChI=1S/C19H32N2O2/c1-2-3-4-5-6-7-8-9-10-11-12-13-16-23-19(22)18-17-20-14-15-21-18/h14-15,17H,2-13,16H2,1H3. The lowest BCUT2D eigenvalue weighted by molar-refractivity contribution is 0.0490. The van der Waals surface area contributed by atoms with Crippen molar-refractivity contribution in [1.29, 1.82) is 0 Å². The van der Waals surface area contributed by atoms with Crippen LogP contribution in [0.25, 0.3) is 0 Å². The Labute approximate surface area is 141 Å². The SMILES string of the molecule is CCCCCCCCCCCCCCOC(=O)c1cnccn1. The molecular formula is C19H32N2O2. The van der Waals surface area contributed by atoms with Gasteiger partial charge in [0, 0.05) is 12.4 Å². The van der Waals surface area contributed by atoms with Crippen molar-refractivity contribution in [2.45, 2.75) is 84.0 Å². The second-order valence-corrected chi connectivity index (χ2v) is 6.12. The van der Waals surface area contributed by atoms with Crippen molar-refractivity contribution in [1.82, 2.24) is 9.97 Å². The van der Waals surface area contributed by atoms with Crippen LogP contribution in [-0.4, -0.2) is 22.5 Å². The summed E-state index contributed by atoms with van der Waals surface area (Å²) in [5.74, 6) is -0.374. The molecule has 0 radical (unpaired) electrons. The molecule has 0 saturated carbocycles. The van der Waals surface area contributed by atoms with E-state index in [1.165, 1.54) is 76.6 Å². The Morgan fingerprint density at radius 3 is 1.96 bits per heavy atom. The molecule has 0 saturated heterocycles. The summed E-state index contributed by atoms with van der Waals surface area (Å²) in [5, 5.41) is 0. The van der Waals surface area contributed by atoms with Gasteiger partial charge in [0.25, 0.3) is 0 Å². The van der Waals surface area contributed by atoms with Gasteiger partial charge in [-0.25, -0.2) is 9.78 Å². The number of hydrogen-bond donors (Lipinski definition) is 0. The fourth-order valence-corrected chi connectivity index (χ4v) is 2.59. The Balaban J connectivity index is 1.82. The molecule has 0 amide bonds. The van der Waals surface area contributed by atoms with Crippen molar-refractivity contribution >= 4 is 5.97 Å². The lowest BCUT2D eigenvalue weighted by Gasteiger charge is -2.04. The number of rotatable bonds is 14. The summed E-state index contributed by atoms with van der Waals surface area (Å²) in [5.41, 5.74) is 0.284. The first-order valence-corrected chi connectivity index (χ1v) is 9.27. The first-order valence-electron chi connectivity index (χ1n) is 9.27. The number of hydrogen-bond acceptors (Lipinski definition) is 4. The quantitative estimate of drug-likeness (QED) is 0.343. The number of carbonyl (C=O) groups is 1. The molecule has 4 nitrogen and oxygen atoms in total. The minimum absolute atomic E-state index is 0.284. The highest BCUT2D eigenvalue weighted by Crippen LogP contribution is 2.12. The summed E-state index contributed by atoms with van der Waals surface area (Å²) >= 11 is 0. The zero-order valence-electron chi connectivity index (χ0n) is 14.6. The van der Waals surface area contributed by atoms with Gasteiger partial charge in [0.1, 0.15) is 0 Å². The highest BCUT2D eigenvalue weighted by molar-refractivity contribution is 5.86. The van der Waals surface area contributed by atoms with Gasteiger partial charge in [-0.3, -0.25) is 4.98 Å². The third-order valence-corrected chi connectivity index (χ3v) is 4.00. The molecule has 1 aromatic rings. The van der Waals surface area contributed by atoms with Crippen molar-refractivity contribution in [3.63, 3.8) is 0 Å². The van der Waals surface area contributed by atoms with E-state index in [0.29, 0.717) is 6.61 Å². The van der Waals surface area contributed by atoms with E-state index in [9.17, 15) is 4.79 Å². The Kier molecular flexibility index (Phi) is 12.1. The van der Waals surface area contributed by atoms with Crippen LogP contribution in [0, 0.1) is 0 Å². The second-order valence-electron chi connectivity index (χ2n) is 6.12. The zero-order valence-corrected chi connectivity index (χ0v) is 14.6. The molecule has 0 fully saturated rings. The lowest BCUT2D eigenvalue weighted by Crippen LogP contribution is -2.08. The topological polar surface area (TPSA) is 52.1 Å². The molecule has 0 unspecified atom stereocenters. The molecule has 0 aliphatic carbocycles. The summed E-state index contributed by atoms with van der Waals surface area (Å²) in [6.07, 6.45) is 20.1. The van der Waals surface area contributed by atoms with Gasteiger partial charge < -0.3 is 4.74 Å². The van der Waals surface area contributed by atoms with Crippen molar-refractivity contribution in [2.75, 3.05) is 6.61 Å². The van der Waals surface area contributed by atoms with E-state index >= 15 is 0 Å². The summed E-state index contributed by atoms with van der Waals surface area (Å²) in [6, 6.07) is 0. The maximum absolute atomic E-state index is 11.6. The third kappa shape index (κ3) is 10.8. The van der Waals surface area contributed by atoms with E-state index in [4.69, 9.17) is 4.74 Å². The van der Waals surface area contributed by atoms with Gasteiger partial charge in [-0.1, -0.05) is 77.6 Å². The predicted octanol–water partition coefficient (Wildman–Crippen LogP) is 5.33. The summed E-state index contributed by atoms with van der Waals surface area (Å²) < 4.78 is 5.18. The first-order chi connectivity index (χ1) is 11.3. The smallest absolute Gasteiger partial charge is 0.358 e. The molecule has 0 bridgehead atoms. The Morgan fingerprint density at radius 1 is 0.870 bits per heavy atom. The van der Waals surface area contributed by atoms with Crippen LogP contribution in [0.4, 0.5) is 0 Å². The van der Waals surface area contributed by atoms with Gasteiger partial charge in [0.05, 0.1) is 12.8 Å². The summed E-state index contributed by atoms with van der Waals surface area (Å²) in [6.45, 7) is 2.74. The Morgan fingerprint density at radius 2 is 1.43 bits per heavy atom. The molecule has 1 heterocycles. The van der Waals surface area contributed by atoms with Crippen LogP contribution in [0.5, 0.6) is 0 Å². The van der Waals surface area contributed by atoms with Gasteiger partial charge in [0.15, 0.2) is 5.69 Å². The maximum Gasteiger partial charge on any atom is 0.358 e. The molecule has 1 rings (SSSR count). The molecule has 23 heavy (non-hydrogen) atoms. The summed E-state index contributed by atoms with van der Waals surface area (Å²) in [4.78, 5) is 19.4. The normalized spacial score (nSPS) is 10.7. The van der Waals surface area contributed by atoms with E-state index in [1.807, 2.05) is 0 Å². The molecule has 130 valence electrons. The molecule has 0 spiro atoms. The molecule has 1 aromatic heterocycles. The average Bonchev–Trinajstić information content (AvgIpc) is 2.59. The van der Waals surface area contributed by atoms with Crippen molar-refractivity contribution in [3.05, 3.63) is 24.3 Å².